The van der Waals surface area contributed by atoms with E-state index in [1.54, 1.807) is 30.5 Å². The second-order valence-electron chi connectivity index (χ2n) is 5.72. The van der Waals surface area contributed by atoms with Crippen molar-refractivity contribution in [3.8, 4) is 11.5 Å². The SMILES string of the molecule is Cc1noc2nc(-c3ccco3)cc(C(=O)Nc3nc(CC(N)=O)cs3)c12. The molecule has 0 atom stereocenters. The number of fused-ring (bicyclic) bond motifs is 1. The zero-order chi connectivity index (χ0) is 19.0. The highest BCUT2D eigenvalue weighted by atomic mass is 32.1. The van der Waals surface area contributed by atoms with Gasteiger partial charge in [0.1, 0.15) is 5.69 Å². The minimum Gasteiger partial charge on any atom is -0.463 e. The van der Waals surface area contributed by atoms with E-state index in [0.29, 0.717) is 38.9 Å². The van der Waals surface area contributed by atoms with Crippen molar-refractivity contribution in [2.24, 2.45) is 5.73 Å². The summed E-state index contributed by atoms with van der Waals surface area (Å²) in [6.07, 6.45) is 1.53. The number of thiazole rings is 1. The van der Waals surface area contributed by atoms with E-state index in [1.807, 2.05) is 0 Å². The lowest BCUT2D eigenvalue weighted by Crippen LogP contribution is -2.15. The number of pyridine rings is 1. The van der Waals surface area contributed by atoms with Gasteiger partial charge in [-0.25, -0.2) is 9.97 Å². The Labute approximate surface area is 156 Å². The van der Waals surface area contributed by atoms with Gasteiger partial charge in [-0.2, -0.15) is 0 Å². The molecule has 2 amide bonds. The molecule has 0 saturated heterocycles. The Balaban J connectivity index is 1.71. The van der Waals surface area contributed by atoms with E-state index >= 15 is 0 Å². The van der Waals surface area contributed by atoms with Gasteiger partial charge in [0.15, 0.2) is 10.9 Å². The van der Waals surface area contributed by atoms with Crippen molar-refractivity contribution < 1.29 is 18.5 Å². The molecule has 136 valence electrons. The van der Waals surface area contributed by atoms with Crippen LogP contribution in [0, 0.1) is 6.92 Å². The molecule has 0 saturated carbocycles. The summed E-state index contributed by atoms with van der Waals surface area (Å²) in [4.78, 5) is 32.4. The number of nitrogens with one attached hydrogen (secondary N) is 1. The lowest BCUT2D eigenvalue weighted by molar-refractivity contribution is -0.117. The fourth-order valence-electron chi connectivity index (χ4n) is 2.61. The van der Waals surface area contributed by atoms with Crippen molar-refractivity contribution >= 4 is 39.4 Å². The van der Waals surface area contributed by atoms with E-state index in [-0.39, 0.29) is 12.1 Å². The van der Waals surface area contributed by atoms with Crippen LogP contribution in [0.15, 0.2) is 38.8 Å². The molecule has 0 aromatic carbocycles. The van der Waals surface area contributed by atoms with Gasteiger partial charge >= 0.3 is 0 Å². The lowest BCUT2D eigenvalue weighted by atomic mass is 10.1. The number of anilines is 1. The fraction of sp³-hybridized carbons (Fsp3) is 0.118. The van der Waals surface area contributed by atoms with E-state index in [9.17, 15) is 9.59 Å². The molecule has 0 unspecified atom stereocenters. The van der Waals surface area contributed by atoms with Gasteiger partial charge in [0.05, 0.1) is 35.0 Å². The van der Waals surface area contributed by atoms with E-state index in [4.69, 9.17) is 14.7 Å². The number of nitrogens with two attached hydrogens (primary N) is 1. The second kappa shape index (κ2) is 6.65. The Bertz CT molecular complexity index is 1150. The summed E-state index contributed by atoms with van der Waals surface area (Å²) in [5.41, 5.74) is 7.22. The second-order valence-corrected chi connectivity index (χ2v) is 6.58. The highest BCUT2D eigenvalue weighted by Gasteiger charge is 2.21. The van der Waals surface area contributed by atoms with Crippen molar-refractivity contribution in [2.75, 3.05) is 5.32 Å². The van der Waals surface area contributed by atoms with Gasteiger partial charge < -0.3 is 14.7 Å². The van der Waals surface area contributed by atoms with Crippen LogP contribution in [-0.4, -0.2) is 26.9 Å². The first-order valence-electron chi connectivity index (χ1n) is 7.86. The number of primary amides is 1. The van der Waals surface area contributed by atoms with E-state index < -0.39 is 11.8 Å². The van der Waals surface area contributed by atoms with Crippen LogP contribution < -0.4 is 11.1 Å². The van der Waals surface area contributed by atoms with Crippen LogP contribution in [0.25, 0.3) is 22.6 Å². The topological polar surface area (TPSA) is 137 Å². The molecule has 27 heavy (non-hydrogen) atoms. The van der Waals surface area contributed by atoms with Crippen LogP contribution in [0.1, 0.15) is 21.7 Å². The smallest absolute Gasteiger partial charge is 0.259 e. The molecule has 4 aromatic heterocycles. The van der Waals surface area contributed by atoms with E-state index in [1.165, 1.54) is 17.6 Å². The summed E-state index contributed by atoms with van der Waals surface area (Å²) < 4.78 is 10.6. The number of hydrogen-bond acceptors (Lipinski definition) is 8. The standard InChI is InChI=1S/C17H13N5O4S/c1-8-14-10(15(24)21-17-19-9(7-27-17)5-13(18)23)6-11(12-3-2-4-25-12)20-16(14)26-22-8/h2-4,6-7H,5H2,1H3,(H2,18,23)(H,19,21,24). The van der Waals surface area contributed by atoms with E-state index in [0.717, 1.165) is 0 Å². The van der Waals surface area contributed by atoms with Crippen molar-refractivity contribution in [3.63, 3.8) is 0 Å². The average Bonchev–Trinajstić information content (AvgIpc) is 3.36. The number of carbonyl (C=O) groups excluding carboxylic acids is 2. The van der Waals surface area contributed by atoms with Crippen LogP contribution in [0.4, 0.5) is 5.13 Å². The fourth-order valence-corrected chi connectivity index (χ4v) is 3.32. The highest BCUT2D eigenvalue weighted by Crippen LogP contribution is 2.28. The molecule has 4 heterocycles. The molecule has 0 fully saturated rings. The molecule has 0 spiro atoms. The van der Waals surface area contributed by atoms with Crippen LogP contribution in [-0.2, 0) is 11.2 Å². The molecule has 4 rings (SSSR count). The van der Waals surface area contributed by atoms with Crippen molar-refractivity contribution in [2.45, 2.75) is 13.3 Å². The predicted octanol–water partition coefficient (Wildman–Crippen LogP) is 2.53. The van der Waals surface area contributed by atoms with Gasteiger partial charge in [0.2, 0.25) is 5.91 Å². The maximum absolute atomic E-state index is 12.9. The predicted molar refractivity (Wildman–Crippen MR) is 97.2 cm³/mol. The minimum atomic E-state index is -0.489. The molecule has 0 radical (unpaired) electrons. The molecular formula is C17H13N5O4S. The Hall–Kier alpha value is -3.53. The molecule has 4 aromatic rings. The zero-order valence-electron chi connectivity index (χ0n) is 14.1. The minimum absolute atomic E-state index is 0.0132. The third-order valence-electron chi connectivity index (χ3n) is 3.76. The van der Waals surface area contributed by atoms with Gasteiger partial charge in [-0.1, -0.05) is 5.16 Å². The number of nitrogens with zero attached hydrogens (tertiary/aromatic N) is 3. The van der Waals surface area contributed by atoms with Crippen LogP contribution in [0.3, 0.4) is 0 Å². The van der Waals surface area contributed by atoms with Gasteiger partial charge in [-0.05, 0) is 25.1 Å². The van der Waals surface area contributed by atoms with Gasteiger partial charge in [-0.3, -0.25) is 14.9 Å². The van der Waals surface area contributed by atoms with Crippen LogP contribution >= 0.6 is 11.3 Å². The Kier molecular flexibility index (Phi) is 4.16. The number of hydrogen-bond donors (Lipinski definition) is 2. The normalized spacial score (nSPS) is 11.0. The number of carbonyl (C=O) groups is 2. The number of amides is 2. The third kappa shape index (κ3) is 3.29. The number of aryl methyl sites for hydroxylation is 1. The number of aromatic nitrogens is 3. The Morgan fingerprint density at radius 3 is 2.93 bits per heavy atom. The summed E-state index contributed by atoms with van der Waals surface area (Å²) in [6, 6.07) is 5.07. The molecule has 0 aliphatic carbocycles. The summed E-state index contributed by atoms with van der Waals surface area (Å²) in [6.45, 7) is 1.73. The third-order valence-corrected chi connectivity index (χ3v) is 4.57. The summed E-state index contributed by atoms with van der Waals surface area (Å²) >= 11 is 1.20. The molecule has 0 aliphatic rings. The van der Waals surface area contributed by atoms with Crippen LogP contribution in [0.5, 0.6) is 0 Å². The first-order valence-corrected chi connectivity index (χ1v) is 8.74. The lowest BCUT2D eigenvalue weighted by Gasteiger charge is -2.05. The molecule has 0 bridgehead atoms. The van der Waals surface area contributed by atoms with Crippen molar-refractivity contribution in [1.82, 2.24) is 15.1 Å². The molecule has 10 heteroatoms. The van der Waals surface area contributed by atoms with Crippen LogP contribution in [0.2, 0.25) is 0 Å². The maximum atomic E-state index is 12.9. The van der Waals surface area contributed by atoms with E-state index in [2.05, 4.69) is 20.4 Å². The first kappa shape index (κ1) is 16.9. The molecule has 3 N–H and O–H groups in total. The summed E-state index contributed by atoms with van der Waals surface area (Å²) in [5, 5.41) is 9.15. The molecule has 9 nitrogen and oxygen atoms in total. The monoisotopic (exact) mass is 383 g/mol. The number of furan rings is 1. The molecular weight excluding hydrogens is 370 g/mol. The highest BCUT2D eigenvalue weighted by molar-refractivity contribution is 7.14. The van der Waals surface area contributed by atoms with Crippen molar-refractivity contribution in [1.29, 1.82) is 0 Å². The zero-order valence-corrected chi connectivity index (χ0v) is 14.9. The summed E-state index contributed by atoms with van der Waals surface area (Å²) in [7, 11) is 0. The van der Waals surface area contributed by atoms with Gasteiger partial charge in [0.25, 0.3) is 11.6 Å². The van der Waals surface area contributed by atoms with Gasteiger partial charge in [0, 0.05) is 5.38 Å². The maximum Gasteiger partial charge on any atom is 0.259 e. The van der Waals surface area contributed by atoms with Gasteiger partial charge in [-0.15, -0.1) is 11.3 Å². The summed E-state index contributed by atoms with van der Waals surface area (Å²) in [5.74, 6) is -0.392. The number of rotatable bonds is 5. The average molecular weight is 383 g/mol. The van der Waals surface area contributed by atoms with Crippen molar-refractivity contribution in [3.05, 3.63) is 46.8 Å². The largest absolute Gasteiger partial charge is 0.463 e. The Morgan fingerprint density at radius 1 is 1.33 bits per heavy atom. The quantitative estimate of drug-likeness (QED) is 0.540. The molecule has 0 aliphatic heterocycles. The Morgan fingerprint density at radius 2 is 2.19 bits per heavy atom. The first-order chi connectivity index (χ1) is 13.0.